The van der Waals surface area contributed by atoms with Crippen molar-refractivity contribution in [2.75, 3.05) is 6.61 Å². The minimum absolute atomic E-state index is 0.0227. The third-order valence-corrected chi connectivity index (χ3v) is 3.76. The van der Waals surface area contributed by atoms with Crippen molar-refractivity contribution in [3.63, 3.8) is 0 Å². The van der Waals surface area contributed by atoms with E-state index >= 15 is 0 Å². The quantitative estimate of drug-likeness (QED) is 0.772. The first-order valence-corrected chi connectivity index (χ1v) is 6.85. The van der Waals surface area contributed by atoms with Gasteiger partial charge in [-0.05, 0) is 18.2 Å². The summed E-state index contributed by atoms with van der Waals surface area (Å²) < 4.78 is 24.0. The zero-order valence-corrected chi connectivity index (χ0v) is 11.5. The Balaban J connectivity index is 2.86. The second kappa shape index (κ2) is 5.78. The number of benzene rings is 1. The Bertz CT molecular complexity index is 534. The van der Waals surface area contributed by atoms with Crippen LogP contribution in [0.2, 0.25) is 5.02 Å². The number of primary amides is 1. The number of carbonyl (C=O) groups excluding carboxylic acids is 1. The third kappa shape index (κ3) is 4.25. The van der Waals surface area contributed by atoms with Crippen LogP contribution in [0.15, 0.2) is 27.6 Å². The first-order valence-electron chi connectivity index (χ1n) is 4.20. The molecule has 94 valence electrons. The van der Waals surface area contributed by atoms with E-state index in [1.807, 2.05) is 0 Å². The summed E-state index contributed by atoms with van der Waals surface area (Å²) in [5.41, 5.74) is 4.78. The van der Waals surface area contributed by atoms with Crippen molar-refractivity contribution in [2.45, 2.75) is 4.90 Å². The fraction of sp³-hybridized carbons (Fsp3) is 0.125. The molecule has 0 radical (unpaired) electrons. The van der Waals surface area contributed by atoms with Gasteiger partial charge in [0.05, 0.1) is 5.02 Å². The largest absolute Gasteiger partial charge is 0.368 e. The van der Waals surface area contributed by atoms with Crippen molar-refractivity contribution in [3.05, 3.63) is 27.7 Å². The van der Waals surface area contributed by atoms with E-state index in [0.29, 0.717) is 4.47 Å². The van der Waals surface area contributed by atoms with E-state index in [4.69, 9.17) is 17.3 Å². The highest BCUT2D eigenvalue weighted by molar-refractivity contribution is 9.10. The maximum Gasteiger partial charge on any atom is 0.263 e. The minimum Gasteiger partial charge on any atom is -0.368 e. The second-order valence-corrected chi connectivity index (χ2v) is 5.85. The maximum absolute atomic E-state index is 11.7. The van der Waals surface area contributed by atoms with E-state index in [1.165, 1.54) is 18.2 Å². The van der Waals surface area contributed by atoms with Gasteiger partial charge in [0.1, 0.15) is 11.5 Å². The molecule has 0 saturated carbocycles. The fourth-order valence-corrected chi connectivity index (χ4v) is 2.76. The molecule has 0 fully saturated rings. The summed E-state index contributed by atoms with van der Waals surface area (Å²) in [7, 11) is -3.94. The summed E-state index contributed by atoms with van der Waals surface area (Å²) in [5.74, 6) is -0.797. The van der Waals surface area contributed by atoms with Crippen molar-refractivity contribution in [1.29, 1.82) is 0 Å². The zero-order valence-electron chi connectivity index (χ0n) is 8.31. The van der Waals surface area contributed by atoms with E-state index in [2.05, 4.69) is 20.8 Å². The van der Waals surface area contributed by atoms with Crippen LogP contribution in [0.5, 0.6) is 0 Å². The van der Waals surface area contributed by atoms with Crippen LogP contribution < -0.4 is 10.6 Å². The van der Waals surface area contributed by atoms with E-state index in [-0.39, 0.29) is 9.92 Å². The highest BCUT2D eigenvalue weighted by Crippen LogP contribution is 2.24. The standard InChI is InChI=1S/C8H8BrClN2O4S/c9-5-1-2-7(6(10)3-5)17(14,15)12-16-4-8(11)13/h1-3,12H,4H2,(H2,11,13). The molecule has 0 bridgehead atoms. The van der Waals surface area contributed by atoms with Crippen LogP contribution in [-0.2, 0) is 19.7 Å². The van der Waals surface area contributed by atoms with Gasteiger partial charge in [0.25, 0.3) is 10.0 Å². The second-order valence-electron chi connectivity index (χ2n) is 2.92. The predicted molar refractivity (Wildman–Crippen MR) is 64.6 cm³/mol. The lowest BCUT2D eigenvalue weighted by molar-refractivity contribution is -0.123. The topological polar surface area (TPSA) is 98.5 Å². The van der Waals surface area contributed by atoms with Crippen molar-refractivity contribution in [3.8, 4) is 0 Å². The molecule has 0 aromatic heterocycles. The number of carbonyl (C=O) groups is 1. The summed E-state index contributed by atoms with van der Waals surface area (Å²) in [5, 5.41) is 0.0227. The average molecular weight is 344 g/mol. The minimum atomic E-state index is -3.94. The summed E-state index contributed by atoms with van der Waals surface area (Å²) >= 11 is 8.90. The summed E-state index contributed by atoms with van der Waals surface area (Å²) in [4.78, 5) is 16.4. The first-order chi connectivity index (χ1) is 7.83. The van der Waals surface area contributed by atoms with Crippen LogP contribution in [0.1, 0.15) is 0 Å². The molecule has 3 N–H and O–H groups in total. The molecule has 9 heteroatoms. The Morgan fingerprint density at radius 3 is 2.71 bits per heavy atom. The van der Waals surface area contributed by atoms with Crippen molar-refractivity contribution in [1.82, 2.24) is 4.89 Å². The van der Waals surface area contributed by atoms with Gasteiger partial charge in [0.2, 0.25) is 5.91 Å². The van der Waals surface area contributed by atoms with Gasteiger partial charge in [0, 0.05) is 4.47 Å². The van der Waals surface area contributed by atoms with Gasteiger partial charge >= 0.3 is 0 Å². The van der Waals surface area contributed by atoms with Gasteiger partial charge in [-0.3, -0.25) is 9.63 Å². The number of nitrogens with one attached hydrogen (secondary N) is 1. The molecular weight excluding hydrogens is 336 g/mol. The van der Waals surface area contributed by atoms with Gasteiger partial charge in [-0.1, -0.05) is 32.4 Å². The number of hydrogen-bond donors (Lipinski definition) is 2. The number of nitrogens with two attached hydrogens (primary N) is 1. The predicted octanol–water partition coefficient (Wildman–Crippen LogP) is 0.798. The maximum atomic E-state index is 11.7. The number of sulfonamides is 1. The molecule has 1 rings (SSSR count). The van der Waals surface area contributed by atoms with Crippen LogP contribution in [0.3, 0.4) is 0 Å². The smallest absolute Gasteiger partial charge is 0.263 e. The number of rotatable bonds is 5. The van der Waals surface area contributed by atoms with Gasteiger partial charge < -0.3 is 5.73 Å². The molecule has 0 aliphatic heterocycles. The van der Waals surface area contributed by atoms with Crippen LogP contribution in [0.4, 0.5) is 0 Å². The average Bonchev–Trinajstić information content (AvgIpc) is 2.15. The molecule has 17 heavy (non-hydrogen) atoms. The molecular formula is C8H8BrClN2O4S. The highest BCUT2D eigenvalue weighted by atomic mass is 79.9. The Labute approximate surface area is 111 Å². The number of amides is 1. The molecule has 1 aromatic rings. The molecule has 0 aliphatic rings. The lowest BCUT2D eigenvalue weighted by Crippen LogP contribution is -2.29. The lowest BCUT2D eigenvalue weighted by atomic mass is 10.4. The summed E-state index contributed by atoms with van der Waals surface area (Å²) in [6.45, 7) is -0.562. The number of halogens is 2. The van der Waals surface area contributed by atoms with E-state index in [1.54, 1.807) is 4.89 Å². The Kier molecular flexibility index (Phi) is 4.90. The van der Waals surface area contributed by atoms with Crippen LogP contribution in [0.25, 0.3) is 0 Å². The van der Waals surface area contributed by atoms with Crippen LogP contribution in [0, 0.1) is 0 Å². The summed E-state index contributed by atoms with van der Waals surface area (Å²) in [6.07, 6.45) is 0. The zero-order chi connectivity index (χ0) is 13.1. The van der Waals surface area contributed by atoms with Crippen molar-refractivity contribution < 1.29 is 18.0 Å². The van der Waals surface area contributed by atoms with Crippen LogP contribution >= 0.6 is 27.5 Å². The molecule has 1 amide bonds. The molecule has 0 aliphatic carbocycles. The molecule has 0 atom stereocenters. The Morgan fingerprint density at radius 2 is 2.18 bits per heavy atom. The normalized spacial score (nSPS) is 11.4. The third-order valence-electron chi connectivity index (χ3n) is 1.57. The molecule has 6 nitrogen and oxygen atoms in total. The Hall–Kier alpha value is -0.670. The van der Waals surface area contributed by atoms with Gasteiger partial charge in [-0.15, -0.1) is 0 Å². The lowest BCUT2D eigenvalue weighted by Gasteiger charge is -2.07. The molecule has 0 unspecified atom stereocenters. The Morgan fingerprint density at radius 1 is 1.53 bits per heavy atom. The first kappa shape index (κ1) is 14.4. The van der Waals surface area contributed by atoms with E-state index in [9.17, 15) is 13.2 Å². The summed E-state index contributed by atoms with van der Waals surface area (Å²) in [6, 6.07) is 4.22. The van der Waals surface area contributed by atoms with Crippen molar-refractivity contribution in [2.24, 2.45) is 5.73 Å². The molecule has 1 aromatic carbocycles. The molecule has 0 saturated heterocycles. The van der Waals surface area contributed by atoms with E-state index < -0.39 is 22.5 Å². The van der Waals surface area contributed by atoms with Gasteiger partial charge in [-0.25, -0.2) is 8.42 Å². The molecule has 0 spiro atoms. The van der Waals surface area contributed by atoms with E-state index in [0.717, 1.165) is 0 Å². The monoisotopic (exact) mass is 342 g/mol. The van der Waals surface area contributed by atoms with Gasteiger partial charge in [-0.2, -0.15) is 0 Å². The van der Waals surface area contributed by atoms with Crippen molar-refractivity contribution >= 4 is 43.5 Å². The van der Waals surface area contributed by atoms with Gasteiger partial charge in [0.15, 0.2) is 0 Å². The molecule has 0 heterocycles. The number of hydrogen-bond acceptors (Lipinski definition) is 4. The SMILES string of the molecule is NC(=O)CONS(=O)(=O)c1ccc(Br)cc1Cl. The van der Waals surface area contributed by atoms with Crippen LogP contribution in [-0.4, -0.2) is 20.9 Å². The highest BCUT2D eigenvalue weighted by Gasteiger charge is 2.18. The fourth-order valence-electron chi connectivity index (χ4n) is 0.916.